The Morgan fingerprint density at radius 3 is 2.43 bits per heavy atom. The minimum Gasteiger partial charge on any atom is -0.493 e. The third kappa shape index (κ3) is 4.35. The number of nitrogens with one attached hydrogen (secondary N) is 1. The average molecular weight is 573 g/mol. The van der Waals surface area contributed by atoms with Crippen molar-refractivity contribution in [2.45, 2.75) is 31.3 Å². The van der Waals surface area contributed by atoms with Gasteiger partial charge in [0, 0.05) is 24.7 Å². The third-order valence-electron chi connectivity index (χ3n) is 7.66. The summed E-state index contributed by atoms with van der Waals surface area (Å²) in [6.45, 7) is 3.78. The van der Waals surface area contributed by atoms with Gasteiger partial charge in [0.2, 0.25) is 11.8 Å². The first-order chi connectivity index (χ1) is 20.3. The second-order valence-electron chi connectivity index (χ2n) is 10.1. The minimum absolute atomic E-state index is 0.107. The number of ether oxygens (including phenoxy) is 2. The summed E-state index contributed by atoms with van der Waals surface area (Å²) in [4.78, 5) is 36.0. The van der Waals surface area contributed by atoms with Crippen LogP contribution in [0.4, 0.5) is 20.2 Å². The summed E-state index contributed by atoms with van der Waals surface area (Å²) in [5.41, 5.74) is 2.23. The molecule has 1 aromatic carbocycles. The van der Waals surface area contributed by atoms with Gasteiger partial charge in [-0.15, -0.1) is 0 Å². The molecule has 0 bridgehead atoms. The Labute approximate surface area is 239 Å². The zero-order chi connectivity index (χ0) is 29.6. The number of halogens is 2. The Bertz CT molecular complexity index is 1710. The Kier molecular flexibility index (Phi) is 6.68. The molecule has 10 nitrogen and oxygen atoms in total. The highest BCUT2D eigenvalue weighted by Gasteiger charge is 2.57. The molecule has 1 saturated carbocycles. The maximum atomic E-state index is 15.4. The van der Waals surface area contributed by atoms with Crippen molar-refractivity contribution in [1.82, 2.24) is 19.7 Å². The summed E-state index contributed by atoms with van der Waals surface area (Å²) in [6.07, 6.45) is 8.63. The third-order valence-corrected chi connectivity index (χ3v) is 7.66. The SMILES string of the molecule is C=CC(=O)Nc1cnn(Cc2ccncc2)c1-c1cc2c(cn1)CN(c1c(F)c(OC)cc(OC)c1F)C(=O)C21CC1. The predicted molar refractivity (Wildman–Crippen MR) is 149 cm³/mol. The number of nitrogens with zero attached hydrogens (tertiary/aromatic N) is 5. The van der Waals surface area contributed by atoms with Crippen molar-refractivity contribution in [1.29, 1.82) is 0 Å². The van der Waals surface area contributed by atoms with Crippen LogP contribution in [0.25, 0.3) is 11.4 Å². The molecule has 1 spiro atoms. The first kappa shape index (κ1) is 27.1. The number of pyridine rings is 2. The van der Waals surface area contributed by atoms with Crippen molar-refractivity contribution in [3.8, 4) is 22.9 Å². The number of hydrogen-bond acceptors (Lipinski definition) is 7. The number of fused-ring (bicyclic) bond motifs is 2. The lowest BCUT2D eigenvalue weighted by Gasteiger charge is -2.35. The number of anilines is 2. The zero-order valence-electron chi connectivity index (χ0n) is 22.9. The van der Waals surface area contributed by atoms with Gasteiger partial charge in [0.05, 0.1) is 50.3 Å². The minimum atomic E-state index is -0.990. The van der Waals surface area contributed by atoms with Gasteiger partial charge in [0.25, 0.3) is 0 Å². The van der Waals surface area contributed by atoms with Crippen LogP contribution >= 0.6 is 0 Å². The molecule has 1 aliphatic carbocycles. The summed E-state index contributed by atoms with van der Waals surface area (Å²) in [5, 5.41) is 7.26. The molecule has 0 unspecified atom stereocenters. The van der Waals surface area contributed by atoms with Crippen LogP contribution in [-0.4, -0.2) is 45.8 Å². The molecular formula is C30H26F2N6O4. The van der Waals surface area contributed by atoms with Gasteiger partial charge in [-0.2, -0.15) is 5.10 Å². The second-order valence-corrected chi connectivity index (χ2v) is 10.1. The van der Waals surface area contributed by atoms with Crippen molar-refractivity contribution < 1.29 is 27.8 Å². The van der Waals surface area contributed by atoms with Gasteiger partial charge in [-0.1, -0.05) is 6.58 Å². The lowest BCUT2D eigenvalue weighted by molar-refractivity contribution is -0.121. The molecule has 12 heteroatoms. The number of carbonyl (C=O) groups excluding carboxylic acids is 2. The van der Waals surface area contributed by atoms with Crippen molar-refractivity contribution in [3.63, 3.8) is 0 Å². The summed E-state index contributed by atoms with van der Waals surface area (Å²) in [6, 6.07) is 6.62. The van der Waals surface area contributed by atoms with E-state index in [0.717, 1.165) is 28.2 Å². The molecule has 2 amide bonds. The van der Waals surface area contributed by atoms with Crippen LogP contribution in [-0.2, 0) is 28.1 Å². The van der Waals surface area contributed by atoms with Gasteiger partial charge >= 0.3 is 0 Å². The molecule has 4 heterocycles. The van der Waals surface area contributed by atoms with Crippen LogP contribution in [0.2, 0.25) is 0 Å². The zero-order valence-corrected chi connectivity index (χ0v) is 22.9. The molecule has 0 atom stereocenters. The molecule has 42 heavy (non-hydrogen) atoms. The average Bonchev–Trinajstić information content (AvgIpc) is 3.71. The van der Waals surface area contributed by atoms with Crippen molar-refractivity contribution in [3.05, 3.63) is 90.0 Å². The van der Waals surface area contributed by atoms with Crippen LogP contribution in [0.15, 0.2) is 61.7 Å². The summed E-state index contributed by atoms with van der Waals surface area (Å²) in [7, 11) is 2.51. The van der Waals surface area contributed by atoms with Crippen molar-refractivity contribution >= 4 is 23.2 Å². The first-order valence-electron chi connectivity index (χ1n) is 13.1. The number of rotatable bonds is 8. The highest BCUT2D eigenvalue weighted by atomic mass is 19.1. The van der Waals surface area contributed by atoms with E-state index in [1.807, 2.05) is 12.1 Å². The Morgan fingerprint density at radius 2 is 1.81 bits per heavy atom. The molecule has 4 aromatic rings. The topological polar surface area (TPSA) is 111 Å². The maximum Gasteiger partial charge on any atom is 0.247 e. The largest absolute Gasteiger partial charge is 0.493 e. The molecule has 1 fully saturated rings. The highest BCUT2D eigenvalue weighted by molar-refractivity contribution is 6.06. The number of benzene rings is 1. The van der Waals surface area contributed by atoms with E-state index in [2.05, 4.69) is 27.0 Å². The Balaban J connectivity index is 1.45. The molecular weight excluding hydrogens is 546 g/mol. The molecule has 2 aliphatic rings. The lowest BCUT2D eigenvalue weighted by atomic mass is 9.86. The van der Waals surface area contributed by atoms with E-state index in [0.29, 0.717) is 42.0 Å². The fourth-order valence-electron chi connectivity index (χ4n) is 5.41. The smallest absolute Gasteiger partial charge is 0.247 e. The molecule has 1 N–H and O–H groups in total. The molecule has 214 valence electrons. The van der Waals surface area contributed by atoms with E-state index < -0.39 is 34.6 Å². The van der Waals surface area contributed by atoms with E-state index in [9.17, 15) is 9.59 Å². The standard InChI is InChI=1S/C30H26F2N6O4/c1-4-24(39)36-21-14-35-38(15-17-5-9-33-10-6-17)27(21)20-11-19-18(13-34-20)16-37(29(40)30(19)7-8-30)28-25(31)22(41-2)12-23(42-3)26(28)32/h4-6,9-14H,1,7-8,15-16H2,2-3H3,(H,36,39). The normalized spacial score (nSPS) is 14.9. The van der Waals surface area contributed by atoms with Gasteiger partial charge in [0.15, 0.2) is 23.1 Å². The monoisotopic (exact) mass is 572 g/mol. The number of hydrogen-bond donors (Lipinski definition) is 1. The van der Waals surface area contributed by atoms with Gasteiger partial charge in [-0.3, -0.25) is 24.2 Å². The quantitative estimate of drug-likeness (QED) is 0.312. The fourth-order valence-corrected chi connectivity index (χ4v) is 5.41. The molecule has 0 radical (unpaired) electrons. The van der Waals surface area contributed by atoms with Crippen molar-refractivity contribution in [2.24, 2.45) is 0 Å². The maximum absolute atomic E-state index is 15.4. The predicted octanol–water partition coefficient (Wildman–Crippen LogP) is 4.39. The van der Waals surface area contributed by atoms with Crippen LogP contribution in [0, 0.1) is 11.6 Å². The van der Waals surface area contributed by atoms with Crippen LogP contribution in [0.1, 0.15) is 29.5 Å². The van der Waals surface area contributed by atoms with E-state index in [1.54, 1.807) is 29.3 Å². The highest BCUT2D eigenvalue weighted by Crippen LogP contribution is 2.55. The Hall–Kier alpha value is -5.13. The molecule has 1 aliphatic heterocycles. The van der Waals surface area contributed by atoms with E-state index in [-0.39, 0.29) is 18.0 Å². The number of amides is 2. The molecule has 6 rings (SSSR count). The van der Waals surface area contributed by atoms with E-state index in [4.69, 9.17) is 9.47 Å². The first-order valence-corrected chi connectivity index (χ1v) is 13.1. The number of aromatic nitrogens is 4. The molecule has 0 saturated heterocycles. The van der Waals surface area contributed by atoms with Gasteiger partial charge in [-0.25, -0.2) is 8.78 Å². The van der Waals surface area contributed by atoms with E-state index >= 15 is 8.78 Å². The second kappa shape index (κ2) is 10.4. The Morgan fingerprint density at radius 1 is 1.12 bits per heavy atom. The fraction of sp³-hybridized carbons (Fsp3) is 0.233. The number of carbonyl (C=O) groups is 2. The van der Waals surface area contributed by atoms with Crippen molar-refractivity contribution in [2.75, 3.05) is 24.4 Å². The summed E-state index contributed by atoms with van der Waals surface area (Å²) in [5.74, 6) is -3.30. The molecule has 3 aromatic heterocycles. The summed E-state index contributed by atoms with van der Waals surface area (Å²) >= 11 is 0. The number of methoxy groups -OCH3 is 2. The van der Waals surface area contributed by atoms with Crippen LogP contribution in [0.5, 0.6) is 11.5 Å². The van der Waals surface area contributed by atoms with Crippen LogP contribution in [0.3, 0.4) is 0 Å². The van der Waals surface area contributed by atoms with Gasteiger partial charge in [-0.05, 0) is 53.8 Å². The summed E-state index contributed by atoms with van der Waals surface area (Å²) < 4.78 is 42.7. The van der Waals surface area contributed by atoms with Crippen LogP contribution < -0.4 is 19.7 Å². The van der Waals surface area contributed by atoms with Gasteiger partial charge < -0.3 is 19.7 Å². The van der Waals surface area contributed by atoms with Gasteiger partial charge in [0.1, 0.15) is 11.4 Å². The lowest BCUT2D eigenvalue weighted by Crippen LogP contribution is -2.45. The van der Waals surface area contributed by atoms with E-state index in [1.165, 1.54) is 20.4 Å².